The van der Waals surface area contributed by atoms with Gasteiger partial charge in [-0.1, -0.05) is 6.92 Å². The first-order valence-electron chi connectivity index (χ1n) is 5.85. The van der Waals surface area contributed by atoms with Crippen molar-refractivity contribution in [2.75, 3.05) is 13.6 Å². The van der Waals surface area contributed by atoms with E-state index in [-0.39, 0.29) is 5.54 Å². The Morgan fingerprint density at radius 2 is 2.00 bits per heavy atom. The molecule has 0 aromatic carbocycles. The average Bonchev–Trinajstić information content (AvgIpc) is 2.83. The molecule has 0 aliphatic heterocycles. The minimum Gasteiger partial charge on any atom is -0.388 e. The molecule has 3 heteroatoms. The van der Waals surface area contributed by atoms with Crippen LogP contribution in [-0.2, 0) is 0 Å². The highest BCUT2D eigenvalue weighted by Gasteiger charge is 2.45. The molecule has 15 heavy (non-hydrogen) atoms. The first-order valence-corrected chi connectivity index (χ1v) is 5.85. The fourth-order valence-corrected chi connectivity index (χ4v) is 1.96. The maximum Gasteiger partial charge on any atom is 0.0911 e. The van der Waals surface area contributed by atoms with E-state index in [1.54, 1.807) is 0 Å². The summed E-state index contributed by atoms with van der Waals surface area (Å²) in [6.45, 7) is 7.85. The number of amidine groups is 1. The largest absolute Gasteiger partial charge is 0.388 e. The second-order valence-electron chi connectivity index (χ2n) is 5.72. The molecule has 0 atom stereocenters. The van der Waals surface area contributed by atoms with Gasteiger partial charge in [0.1, 0.15) is 0 Å². The standard InChI is InChI=1S/C12H25N3/c1-5-11(2,3)15(4)9-12(6-7-12)8-10(13)14/h5-9H2,1-4H3,(H3,13,14). The van der Waals surface area contributed by atoms with Gasteiger partial charge in [-0.2, -0.15) is 0 Å². The van der Waals surface area contributed by atoms with Crippen LogP contribution >= 0.6 is 0 Å². The lowest BCUT2D eigenvalue weighted by atomic mass is 9.95. The second kappa shape index (κ2) is 4.12. The van der Waals surface area contributed by atoms with Crippen LogP contribution in [0.25, 0.3) is 0 Å². The van der Waals surface area contributed by atoms with Crippen molar-refractivity contribution in [3.05, 3.63) is 0 Å². The topological polar surface area (TPSA) is 53.1 Å². The Labute approximate surface area is 93.5 Å². The second-order valence-corrected chi connectivity index (χ2v) is 5.72. The third-order valence-electron chi connectivity index (χ3n) is 3.99. The maximum absolute atomic E-state index is 7.39. The van der Waals surface area contributed by atoms with Gasteiger partial charge in [0.25, 0.3) is 0 Å². The van der Waals surface area contributed by atoms with E-state index in [0.29, 0.717) is 11.3 Å². The van der Waals surface area contributed by atoms with Gasteiger partial charge in [-0.15, -0.1) is 0 Å². The minimum absolute atomic E-state index is 0.256. The zero-order chi connectivity index (χ0) is 11.7. The SMILES string of the molecule is CCC(C)(C)N(C)CC1(CC(=N)N)CC1. The summed E-state index contributed by atoms with van der Waals surface area (Å²) in [5, 5.41) is 7.39. The highest BCUT2D eigenvalue weighted by atomic mass is 15.2. The fourth-order valence-electron chi connectivity index (χ4n) is 1.96. The summed E-state index contributed by atoms with van der Waals surface area (Å²) in [6.07, 6.45) is 4.39. The zero-order valence-electron chi connectivity index (χ0n) is 10.6. The van der Waals surface area contributed by atoms with Crippen molar-refractivity contribution < 1.29 is 0 Å². The molecule has 1 aliphatic rings. The first-order chi connectivity index (χ1) is 6.81. The third-order valence-corrected chi connectivity index (χ3v) is 3.99. The van der Waals surface area contributed by atoms with Crippen molar-refractivity contribution in [2.45, 2.75) is 52.0 Å². The van der Waals surface area contributed by atoms with Crippen LogP contribution in [0.4, 0.5) is 0 Å². The molecular weight excluding hydrogens is 186 g/mol. The van der Waals surface area contributed by atoms with Crippen LogP contribution in [0.15, 0.2) is 0 Å². The Morgan fingerprint density at radius 1 is 1.47 bits per heavy atom. The van der Waals surface area contributed by atoms with Gasteiger partial charge < -0.3 is 10.6 Å². The number of nitrogens with one attached hydrogen (secondary N) is 1. The van der Waals surface area contributed by atoms with Crippen LogP contribution in [0.3, 0.4) is 0 Å². The van der Waals surface area contributed by atoms with E-state index in [2.05, 4.69) is 32.7 Å². The third kappa shape index (κ3) is 3.20. The summed E-state index contributed by atoms with van der Waals surface area (Å²) in [6, 6.07) is 0. The molecule has 0 amide bonds. The van der Waals surface area contributed by atoms with Gasteiger partial charge in [-0.3, -0.25) is 5.41 Å². The molecule has 1 fully saturated rings. The lowest BCUT2D eigenvalue weighted by Gasteiger charge is -2.37. The van der Waals surface area contributed by atoms with E-state index >= 15 is 0 Å². The molecular formula is C12H25N3. The molecule has 0 heterocycles. The summed E-state index contributed by atoms with van der Waals surface area (Å²) >= 11 is 0. The van der Waals surface area contributed by atoms with E-state index < -0.39 is 0 Å². The van der Waals surface area contributed by atoms with Gasteiger partial charge >= 0.3 is 0 Å². The van der Waals surface area contributed by atoms with Gasteiger partial charge in [0.05, 0.1) is 5.84 Å². The van der Waals surface area contributed by atoms with Gasteiger partial charge in [0.2, 0.25) is 0 Å². The van der Waals surface area contributed by atoms with Crippen LogP contribution in [0.5, 0.6) is 0 Å². The fraction of sp³-hybridized carbons (Fsp3) is 0.917. The van der Waals surface area contributed by atoms with Crippen LogP contribution in [0.1, 0.15) is 46.5 Å². The Kier molecular flexibility index (Phi) is 3.44. The monoisotopic (exact) mass is 211 g/mol. The average molecular weight is 211 g/mol. The molecule has 0 saturated heterocycles. The Hall–Kier alpha value is -0.570. The Morgan fingerprint density at radius 3 is 2.33 bits per heavy atom. The minimum atomic E-state index is 0.256. The lowest BCUT2D eigenvalue weighted by Crippen LogP contribution is -2.44. The predicted molar refractivity (Wildman–Crippen MR) is 65.2 cm³/mol. The lowest BCUT2D eigenvalue weighted by molar-refractivity contribution is 0.122. The normalized spacial score (nSPS) is 19.3. The van der Waals surface area contributed by atoms with Crippen LogP contribution in [-0.4, -0.2) is 29.9 Å². The quantitative estimate of drug-likeness (QED) is 0.523. The smallest absolute Gasteiger partial charge is 0.0911 e. The summed E-state index contributed by atoms with van der Waals surface area (Å²) < 4.78 is 0. The Balaban J connectivity index is 2.51. The molecule has 1 rings (SSSR count). The van der Waals surface area contributed by atoms with Crippen molar-refractivity contribution in [3.63, 3.8) is 0 Å². The molecule has 1 saturated carbocycles. The van der Waals surface area contributed by atoms with Crippen molar-refractivity contribution in [1.82, 2.24) is 4.90 Å². The molecule has 3 N–H and O–H groups in total. The van der Waals surface area contributed by atoms with Crippen molar-refractivity contribution in [1.29, 1.82) is 5.41 Å². The number of nitrogens with two attached hydrogens (primary N) is 1. The summed E-state index contributed by atoms with van der Waals surface area (Å²) in [5.74, 6) is 0.343. The van der Waals surface area contributed by atoms with Gasteiger partial charge in [-0.05, 0) is 45.6 Å². The van der Waals surface area contributed by atoms with Crippen molar-refractivity contribution in [2.24, 2.45) is 11.1 Å². The zero-order valence-corrected chi connectivity index (χ0v) is 10.6. The Bertz CT molecular complexity index is 241. The van der Waals surface area contributed by atoms with Gasteiger partial charge in [0.15, 0.2) is 0 Å². The number of nitrogens with zero attached hydrogens (tertiary/aromatic N) is 1. The van der Waals surface area contributed by atoms with Crippen molar-refractivity contribution >= 4 is 5.84 Å². The van der Waals surface area contributed by atoms with Gasteiger partial charge in [-0.25, -0.2) is 0 Å². The molecule has 0 bridgehead atoms. The summed E-state index contributed by atoms with van der Waals surface area (Å²) in [4.78, 5) is 2.42. The van der Waals surface area contributed by atoms with Crippen LogP contribution in [0.2, 0.25) is 0 Å². The molecule has 0 unspecified atom stereocenters. The molecule has 0 aromatic heterocycles. The number of rotatable bonds is 6. The summed E-state index contributed by atoms with van der Waals surface area (Å²) in [7, 11) is 2.18. The molecule has 0 aromatic rings. The highest BCUT2D eigenvalue weighted by Crippen LogP contribution is 2.49. The predicted octanol–water partition coefficient (Wildman–Crippen LogP) is 2.21. The van der Waals surface area contributed by atoms with E-state index in [4.69, 9.17) is 11.1 Å². The molecule has 0 spiro atoms. The van der Waals surface area contributed by atoms with Crippen molar-refractivity contribution in [3.8, 4) is 0 Å². The van der Waals surface area contributed by atoms with E-state index in [0.717, 1.165) is 19.4 Å². The number of hydrogen-bond donors (Lipinski definition) is 2. The molecule has 0 radical (unpaired) electrons. The summed E-state index contributed by atoms with van der Waals surface area (Å²) in [5.41, 5.74) is 6.08. The highest BCUT2D eigenvalue weighted by molar-refractivity contribution is 5.78. The number of hydrogen-bond acceptors (Lipinski definition) is 2. The van der Waals surface area contributed by atoms with Crippen LogP contribution < -0.4 is 5.73 Å². The van der Waals surface area contributed by atoms with E-state index in [9.17, 15) is 0 Å². The molecule has 1 aliphatic carbocycles. The molecule has 3 nitrogen and oxygen atoms in total. The van der Waals surface area contributed by atoms with Gasteiger partial charge in [0, 0.05) is 18.5 Å². The van der Waals surface area contributed by atoms with E-state index in [1.165, 1.54) is 12.8 Å². The maximum atomic E-state index is 7.39. The molecule has 88 valence electrons. The van der Waals surface area contributed by atoms with Crippen LogP contribution in [0, 0.1) is 10.8 Å². The first kappa shape index (κ1) is 12.5. The van der Waals surface area contributed by atoms with E-state index in [1.807, 2.05) is 0 Å².